The Morgan fingerprint density at radius 3 is 1.97 bits per heavy atom. The van der Waals surface area contributed by atoms with Crippen molar-refractivity contribution in [2.75, 3.05) is 43.6 Å². The van der Waals surface area contributed by atoms with Crippen molar-refractivity contribution >= 4 is 27.3 Å². The Kier molecular flexibility index (Phi) is 8.82. The molecule has 3 rings (SSSR count). The van der Waals surface area contributed by atoms with Crippen molar-refractivity contribution in [2.45, 2.75) is 25.3 Å². The molecule has 9 heteroatoms. The van der Waals surface area contributed by atoms with Gasteiger partial charge in [-0.2, -0.15) is 0 Å². The summed E-state index contributed by atoms with van der Waals surface area (Å²) in [5, 5.41) is 2.91. The molecule has 3 aromatic rings. The number of anilines is 2. The Bertz CT molecular complexity index is 1270. The summed E-state index contributed by atoms with van der Waals surface area (Å²) in [6.07, 6.45) is 0. The monoisotopic (exact) mass is 511 g/mol. The first-order chi connectivity index (χ1) is 17.2. The van der Waals surface area contributed by atoms with Gasteiger partial charge in [-0.1, -0.05) is 12.1 Å². The average molecular weight is 512 g/mol. The van der Waals surface area contributed by atoms with Crippen molar-refractivity contribution in [2.24, 2.45) is 0 Å². The largest absolute Gasteiger partial charge is 0.493 e. The first-order valence-corrected chi connectivity index (χ1v) is 13.1. The van der Waals surface area contributed by atoms with Crippen LogP contribution in [-0.2, 0) is 16.6 Å². The third kappa shape index (κ3) is 5.91. The van der Waals surface area contributed by atoms with Crippen LogP contribution in [0.5, 0.6) is 11.5 Å². The summed E-state index contributed by atoms with van der Waals surface area (Å²) in [5.74, 6) is 0.524. The summed E-state index contributed by atoms with van der Waals surface area (Å²) in [7, 11) is 0.545. The molecule has 0 aliphatic carbocycles. The molecule has 0 saturated heterocycles. The zero-order chi connectivity index (χ0) is 26.3. The minimum absolute atomic E-state index is 0.0662. The zero-order valence-electron chi connectivity index (χ0n) is 21.3. The van der Waals surface area contributed by atoms with Crippen LogP contribution in [0.1, 0.15) is 29.8 Å². The molecule has 1 N–H and O–H groups in total. The van der Waals surface area contributed by atoms with E-state index in [1.807, 2.05) is 12.1 Å². The molecule has 3 aromatic carbocycles. The van der Waals surface area contributed by atoms with Gasteiger partial charge in [-0.05, 0) is 67.9 Å². The van der Waals surface area contributed by atoms with Gasteiger partial charge in [0.1, 0.15) is 0 Å². The molecule has 192 valence electrons. The Hall–Kier alpha value is -3.72. The summed E-state index contributed by atoms with van der Waals surface area (Å²) in [5.41, 5.74) is 3.01. The lowest BCUT2D eigenvalue weighted by Gasteiger charge is -2.21. The topological polar surface area (TPSA) is 88.2 Å². The van der Waals surface area contributed by atoms with Crippen LogP contribution in [0.25, 0.3) is 0 Å². The molecule has 8 nitrogen and oxygen atoms in total. The van der Waals surface area contributed by atoms with E-state index in [1.165, 1.54) is 33.4 Å². The van der Waals surface area contributed by atoms with Crippen molar-refractivity contribution in [1.29, 1.82) is 0 Å². The standard InChI is InChI=1S/C27H33N3O5S/c1-6-30(7-2)23-12-8-20(9-13-23)19-28-27(31)21-10-14-22(15-11-21)29(3)36(32,33)24-16-17-25(34-4)26(18-24)35-5/h8-18H,6-7,19H2,1-5H3,(H,28,31). The molecule has 0 spiro atoms. The van der Waals surface area contributed by atoms with Crippen LogP contribution < -0.4 is 24.0 Å². The smallest absolute Gasteiger partial charge is 0.264 e. The van der Waals surface area contributed by atoms with Gasteiger partial charge in [0.25, 0.3) is 15.9 Å². The van der Waals surface area contributed by atoms with Crippen molar-refractivity contribution < 1.29 is 22.7 Å². The molecular formula is C27H33N3O5S. The molecule has 0 fully saturated rings. The van der Waals surface area contributed by atoms with E-state index in [0.29, 0.717) is 29.3 Å². The lowest BCUT2D eigenvalue weighted by molar-refractivity contribution is 0.0951. The number of carbonyl (C=O) groups is 1. The normalized spacial score (nSPS) is 11.0. The Morgan fingerprint density at radius 1 is 0.833 bits per heavy atom. The lowest BCUT2D eigenvalue weighted by atomic mass is 10.1. The van der Waals surface area contributed by atoms with Crippen molar-refractivity contribution in [3.63, 3.8) is 0 Å². The van der Waals surface area contributed by atoms with E-state index < -0.39 is 10.0 Å². The maximum Gasteiger partial charge on any atom is 0.264 e. The minimum atomic E-state index is -3.85. The van der Waals surface area contributed by atoms with Gasteiger partial charge in [0.15, 0.2) is 11.5 Å². The highest BCUT2D eigenvalue weighted by Gasteiger charge is 2.23. The van der Waals surface area contributed by atoms with Crippen LogP contribution in [0.15, 0.2) is 71.6 Å². The van der Waals surface area contributed by atoms with E-state index in [4.69, 9.17) is 9.47 Å². The number of methoxy groups -OCH3 is 2. The molecule has 0 aliphatic heterocycles. The Balaban J connectivity index is 1.67. The van der Waals surface area contributed by atoms with Crippen LogP contribution >= 0.6 is 0 Å². The van der Waals surface area contributed by atoms with E-state index in [-0.39, 0.29) is 10.8 Å². The highest BCUT2D eigenvalue weighted by molar-refractivity contribution is 7.92. The van der Waals surface area contributed by atoms with Gasteiger partial charge >= 0.3 is 0 Å². The van der Waals surface area contributed by atoms with Crippen molar-refractivity contribution in [3.05, 3.63) is 77.9 Å². The molecule has 0 aromatic heterocycles. The molecule has 0 aliphatic rings. The van der Waals surface area contributed by atoms with Crippen LogP contribution in [-0.4, -0.2) is 48.7 Å². The first-order valence-electron chi connectivity index (χ1n) is 11.7. The number of amides is 1. The van der Waals surface area contributed by atoms with Gasteiger partial charge in [0, 0.05) is 44.0 Å². The summed E-state index contributed by atoms with van der Waals surface area (Å²) < 4.78 is 37.8. The number of sulfonamides is 1. The van der Waals surface area contributed by atoms with Gasteiger partial charge in [0.2, 0.25) is 0 Å². The number of benzene rings is 3. The van der Waals surface area contributed by atoms with Gasteiger partial charge in [-0.25, -0.2) is 8.42 Å². The number of nitrogens with one attached hydrogen (secondary N) is 1. The number of ether oxygens (including phenoxy) is 2. The van der Waals surface area contributed by atoms with Crippen LogP contribution in [0, 0.1) is 0 Å². The molecule has 0 bridgehead atoms. The fourth-order valence-corrected chi connectivity index (χ4v) is 5.01. The predicted molar refractivity (Wildman–Crippen MR) is 143 cm³/mol. The number of hydrogen-bond donors (Lipinski definition) is 1. The lowest BCUT2D eigenvalue weighted by Crippen LogP contribution is -2.27. The SMILES string of the molecule is CCN(CC)c1ccc(CNC(=O)c2ccc(N(C)S(=O)(=O)c3ccc(OC)c(OC)c3)cc2)cc1. The van der Waals surface area contributed by atoms with Crippen molar-refractivity contribution in [3.8, 4) is 11.5 Å². The average Bonchev–Trinajstić information content (AvgIpc) is 2.92. The predicted octanol–water partition coefficient (Wildman–Crippen LogP) is 4.31. The number of carbonyl (C=O) groups excluding carboxylic acids is 1. The number of hydrogen-bond acceptors (Lipinski definition) is 6. The molecule has 0 saturated carbocycles. The summed E-state index contributed by atoms with van der Waals surface area (Å²) in [6.45, 7) is 6.51. The number of rotatable bonds is 11. The molecule has 0 unspecified atom stereocenters. The van der Waals surface area contributed by atoms with Gasteiger partial charge in [-0.15, -0.1) is 0 Å². The van der Waals surface area contributed by atoms with Crippen LogP contribution in [0.2, 0.25) is 0 Å². The summed E-state index contributed by atoms with van der Waals surface area (Å²) in [4.78, 5) is 15.0. The van der Waals surface area contributed by atoms with Crippen molar-refractivity contribution in [1.82, 2.24) is 5.32 Å². The summed E-state index contributed by atoms with van der Waals surface area (Å²) in [6, 6.07) is 19.0. The van der Waals surface area contributed by atoms with E-state index in [2.05, 4.69) is 36.2 Å². The van der Waals surface area contributed by atoms with Gasteiger partial charge < -0.3 is 19.7 Å². The van der Waals surface area contributed by atoms with E-state index >= 15 is 0 Å². The fourth-order valence-electron chi connectivity index (χ4n) is 3.79. The second-order valence-electron chi connectivity index (χ2n) is 8.06. The fraction of sp³-hybridized carbons (Fsp3) is 0.296. The molecule has 0 radical (unpaired) electrons. The first kappa shape index (κ1) is 26.9. The maximum atomic E-state index is 13.1. The highest BCUT2D eigenvalue weighted by Crippen LogP contribution is 2.31. The Morgan fingerprint density at radius 2 is 1.42 bits per heavy atom. The van der Waals surface area contributed by atoms with E-state index in [0.717, 1.165) is 28.6 Å². The molecule has 36 heavy (non-hydrogen) atoms. The number of nitrogens with zero attached hydrogens (tertiary/aromatic N) is 2. The van der Waals surface area contributed by atoms with E-state index in [9.17, 15) is 13.2 Å². The quantitative estimate of drug-likeness (QED) is 0.413. The second kappa shape index (κ2) is 11.8. The third-order valence-electron chi connectivity index (χ3n) is 6.02. The zero-order valence-corrected chi connectivity index (χ0v) is 22.1. The van der Waals surface area contributed by atoms with E-state index in [1.54, 1.807) is 30.3 Å². The third-order valence-corrected chi connectivity index (χ3v) is 7.81. The summed E-state index contributed by atoms with van der Waals surface area (Å²) >= 11 is 0. The molecule has 0 heterocycles. The van der Waals surface area contributed by atoms with Crippen LogP contribution in [0.4, 0.5) is 11.4 Å². The van der Waals surface area contributed by atoms with Gasteiger partial charge in [-0.3, -0.25) is 9.10 Å². The minimum Gasteiger partial charge on any atom is -0.493 e. The Labute approximate surface area is 213 Å². The second-order valence-corrected chi connectivity index (χ2v) is 10.0. The maximum absolute atomic E-state index is 13.1. The molecular weight excluding hydrogens is 478 g/mol. The molecule has 1 amide bonds. The molecule has 0 atom stereocenters. The van der Waals surface area contributed by atoms with Gasteiger partial charge in [0.05, 0.1) is 24.8 Å². The highest BCUT2D eigenvalue weighted by atomic mass is 32.2. The van der Waals surface area contributed by atoms with Crippen LogP contribution in [0.3, 0.4) is 0 Å².